The van der Waals surface area contributed by atoms with Gasteiger partial charge in [-0.1, -0.05) is 6.92 Å². The van der Waals surface area contributed by atoms with E-state index in [0.717, 1.165) is 12.0 Å². The Hall–Kier alpha value is -2.02. The van der Waals surface area contributed by atoms with Crippen LogP contribution >= 0.6 is 0 Å². The average molecular weight is 247 g/mol. The second-order valence-electron chi connectivity index (χ2n) is 3.77. The zero-order chi connectivity index (χ0) is 13.5. The van der Waals surface area contributed by atoms with Gasteiger partial charge in [0.2, 0.25) is 0 Å². The number of aryl methyl sites for hydroxylation is 1. The van der Waals surface area contributed by atoms with Crippen LogP contribution in [-0.2, 0) is 22.4 Å². The van der Waals surface area contributed by atoms with Crippen LogP contribution in [0.3, 0.4) is 0 Å². The summed E-state index contributed by atoms with van der Waals surface area (Å²) >= 11 is 0. The molecule has 0 aliphatic heterocycles. The highest BCUT2D eigenvalue weighted by Crippen LogP contribution is 2.24. The molecule has 4 heteroatoms. The van der Waals surface area contributed by atoms with Gasteiger partial charge in [0.05, 0.1) is 31.8 Å². The summed E-state index contributed by atoms with van der Waals surface area (Å²) in [6, 6.07) is 5.62. The van der Waals surface area contributed by atoms with Crippen LogP contribution in [0, 0.1) is 11.3 Å². The molecule has 1 rings (SSSR count). The number of carbonyl (C=O) groups excluding carboxylic acids is 1. The number of hydrogen-bond donors (Lipinski definition) is 0. The first kappa shape index (κ1) is 14.0. The van der Waals surface area contributed by atoms with E-state index in [-0.39, 0.29) is 12.4 Å². The number of nitrogens with zero attached hydrogens (tertiary/aromatic N) is 1. The Morgan fingerprint density at radius 2 is 2.06 bits per heavy atom. The van der Waals surface area contributed by atoms with Gasteiger partial charge < -0.3 is 9.47 Å². The van der Waals surface area contributed by atoms with Gasteiger partial charge in [-0.3, -0.25) is 4.79 Å². The standard InChI is InChI=1S/C14H17NO3/c1-4-10-6-12(9-15)11(7-13(10)17-3)8-14(16)18-5-2/h6-7H,4-5,8H2,1-3H3. The zero-order valence-corrected chi connectivity index (χ0v) is 10.9. The van der Waals surface area contributed by atoms with Gasteiger partial charge in [0.25, 0.3) is 0 Å². The van der Waals surface area contributed by atoms with Gasteiger partial charge in [0.15, 0.2) is 0 Å². The monoisotopic (exact) mass is 247 g/mol. The summed E-state index contributed by atoms with van der Waals surface area (Å²) in [5, 5.41) is 9.10. The first-order valence-electron chi connectivity index (χ1n) is 5.91. The van der Waals surface area contributed by atoms with Gasteiger partial charge in [0, 0.05) is 0 Å². The lowest BCUT2D eigenvalue weighted by Crippen LogP contribution is -2.09. The van der Waals surface area contributed by atoms with Crippen molar-refractivity contribution in [3.63, 3.8) is 0 Å². The van der Waals surface area contributed by atoms with E-state index >= 15 is 0 Å². The first-order chi connectivity index (χ1) is 8.65. The van der Waals surface area contributed by atoms with Crippen LogP contribution in [0.5, 0.6) is 5.75 Å². The Morgan fingerprint density at radius 1 is 1.33 bits per heavy atom. The molecule has 1 aromatic carbocycles. The van der Waals surface area contributed by atoms with E-state index in [1.807, 2.05) is 6.92 Å². The molecule has 18 heavy (non-hydrogen) atoms. The molecule has 0 saturated carbocycles. The molecule has 0 fully saturated rings. The Bertz CT molecular complexity index is 475. The van der Waals surface area contributed by atoms with E-state index in [2.05, 4.69) is 6.07 Å². The number of ether oxygens (including phenoxy) is 2. The summed E-state index contributed by atoms with van der Waals surface area (Å²) < 4.78 is 10.1. The van der Waals surface area contributed by atoms with Crippen molar-refractivity contribution in [3.8, 4) is 11.8 Å². The van der Waals surface area contributed by atoms with Crippen LogP contribution in [-0.4, -0.2) is 19.7 Å². The number of nitriles is 1. The van der Waals surface area contributed by atoms with Gasteiger partial charge in [-0.25, -0.2) is 0 Å². The van der Waals surface area contributed by atoms with Crippen molar-refractivity contribution in [1.82, 2.24) is 0 Å². The van der Waals surface area contributed by atoms with Crippen molar-refractivity contribution in [2.24, 2.45) is 0 Å². The van der Waals surface area contributed by atoms with Gasteiger partial charge in [-0.15, -0.1) is 0 Å². The average Bonchev–Trinajstić information content (AvgIpc) is 2.38. The Kier molecular flexibility index (Phi) is 5.19. The smallest absolute Gasteiger partial charge is 0.310 e. The van der Waals surface area contributed by atoms with E-state index in [0.29, 0.717) is 23.5 Å². The summed E-state index contributed by atoms with van der Waals surface area (Å²) in [6.45, 7) is 4.08. The summed E-state index contributed by atoms with van der Waals surface area (Å²) in [5.41, 5.74) is 2.10. The largest absolute Gasteiger partial charge is 0.496 e. The van der Waals surface area contributed by atoms with E-state index in [9.17, 15) is 4.79 Å². The van der Waals surface area contributed by atoms with Gasteiger partial charge in [-0.2, -0.15) is 5.26 Å². The highest BCUT2D eigenvalue weighted by Gasteiger charge is 2.13. The molecule has 1 aromatic rings. The number of carbonyl (C=O) groups is 1. The van der Waals surface area contributed by atoms with Crippen molar-refractivity contribution in [3.05, 3.63) is 28.8 Å². The van der Waals surface area contributed by atoms with E-state index < -0.39 is 0 Å². The molecule has 96 valence electrons. The summed E-state index contributed by atoms with van der Waals surface area (Å²) in [6.07, 6.45) is 0.870. The Morgan fingerprint density at radius 3 is 2.56 bits per heavy atom. The quantitative estimate of drug-likeness (QED) is 0.749. The van der Waals surface area contributed by atoms with Crippen LogP contribution in [0.15, 0.2) is 12.1 Å². The first-order valence-corrected chi connectivity index (χ1v) is 5.91. The molecule has 0 unspecified atom stereocenters. The Labute approximate surface area is 107 Å². The zero-order valence-electron chi connectivity index (χ0n) is 10.9. The third kappa shape index (κ3) is 3.24. The van der Waals surface area contributed by atoms with Gasteiger partial charge >= 0.3 is 5.97 Å². The van der Waals surface area contributed by atoms with E-state index in [1.165, 1.54) is 0 Å². The minimum absolute atomic E-state index is 0.0943. The molecule has 0 bridgehead atoms. The maximum absolute atomic E-state index is 11.5. The second-order valence-corrected chi connectivity index (χ2v) is 3.77. The van der Waals surface area contributed by atoms with E-state index in [4.69, 9.17) is 14.7 Å². The molecule has 0 radical (unpaired) electrons. The predicted octanol–water partition coefficient (Wildman–Crippen LogP) is 2.23. The number of methoxy groups -OCH3 is 1. The van der Waals surface area contributed by atoms with Crippen LogP contribution in [0.25, 0.3) is 0 Å². The fourth-order valence-electron chi connectivity index (χ4n) is 1.75. The third-order valence-corrected chi connectivity index (χ3v) is 2.65. The number of hydrogen-bond acceptors (Lipinski definition) is 4. The summed E-state index contributed by atoms with van der Waals surface area (Å²) in [7, 11) is 1.58. The Balaban J connectivity index is 3.10. The fourth-order valence-corrected chi connectivity index (χ4v) is 1.75. The fraction of sp³-hybridized carbons (Fsp3) is 0.429. The van der Waals surface area contributed by atoms with Crippen molar-refractivity contribution >= 4 is 5.97 Å². The summed E-state index contributed by atoms with van der Waals surface area (Å²) in [4.78, 5) is 11.5. The van der Waals surface area contributed by atoms with Gasteiger partial charge in [0.1, 0.15) is 5.75 Å². The maximum atomic E-state index is 11.5. The molecule has 0 saturated heterocycles. The van der Waals surface area contributed by atoms with Crippen LogP contribution in [0.4, 0.5) is 0 Å². The molecular formula is C14H17NO3. The van der Waals surface area contributed by atoms with Crippen molar-refractivity contribution in [2.45, 2.75) is 26.7 Å². The van der Waals surface area contributed by atoms with E-state index in [1.54, 1.807) is 26.2 Å². The molecule has 0 spiro atoms. The molecule has 0 atom stereocenters. The SMILES string of the molecule is CCOC(=O)Cc1cc(OC)c(CC)cc1C#N. The van der Waals surface area contributed by atoms with Crippen molar-refractivity contribution in [2.75, 3.05) is 13.7 Å². The van der Waals surface area contributed by atoms with Gasteiger partial charge in [-0.05, 0) is 36.6 Å². The normalized spacial score (nSPS) is 9.67. The molecule has 0 heterocycles. The highest BCUT2D eigenvalue weighted by molar-refractivity contribution is 5.74. The summed E-state index contributed by atoms with van der Waals surface area (Å²) in [5.74, 6) is 0.371. The predicted molar refractivity (Wildman–Crippen MR) is 67.4 cm³/mol. The molecule has 0 N–H and O–H groups in total. The minimum Gasteiger partial charge on any atom is -0.496 e. The third-order valence-electron chi connectivity index (χ3n) is 2.65. The lowest BCUT2D eigenvalue weighted by molar-refractivity contribution is -0.142. The topological polar surface area (TPSA) is 59.3 Å². The molecule has 0 amide bonds. The number of benzene rings is 1. The lowest BCUT2D eigenvalue weighted by Gasteiger charge is -2.11. The molecule has 4 nitrogen and oxygen atoms in total. The molecule has 0 aliphatic rings. The van der Waals surface area contributed by atoms with Crippen LogP contribution in [0.1, 0.15) is 30.5 Å². The minimum atomic E-state index is -0.333. The molecule has 0 aromatic heterocycles. The lowest BCUT2D eigenvalue weighted by atomic mass is 10.00. The van der Waals surface area contributed by atoms with Crippen molar-refractivity contribution < 1.29 is 14.3 Å². The van der Waals surface area contributed by atoms with Crippen LogP contribution in [0.2, 0.25) is 0 Å². The number of rotatable bonds is 5. The highest BCUT2D eigenvalue weighted by atomic mass is 16.5. The maximum Gasteiger partial charge on any atom is 0.310 e. The molecular weight excluding hydrogens is 230 g/mol. The van der Waals surface area contributed by atoms with Crippen molar-refractivity contribution in [1.29, 1.82) is 5.26 Å². The second kappa shape index (κ2) is 6.65. The number of esters is 1. The van der Waals surface area contributed by atoms with Crippen LogP contribution < -0.4 is 4.74 Å². The molecule has 0 aliphatic carbocycles.